The Morgan fingerprint density at radius 1 is 0.320 bits per heavy atom. The van der Waals surface area contributed by atoms with Crippen molar-refractivity contribution < 1.29 is 0 Å². The molecule has 7 aromatic carbocycles. The predicted molar refractivity (Wildman–Crippen MR) is 204 cm³/mol. The smallest absolute Gasteiger partial charge is 0.0720 e. The molecule has 0 aliphatic heterocycles. The van der Waals surface area contributed by atoms with Gasteiger partial charge in [0.15, 0.2) is 0 Å². The lowest BCUT2D eigenvalue weighted by Crippen LogP contribution is -2.43. The van der Waals surface area contributed by atoms with Gasteiger partial charge < -0.3 is 10.8 Å². The van der Waals surface area contributed by atoms with E-state index in [4.69, 9.17) is 10.8 Å². The fourth-order valence-electron chi connectivity index (χ4n) is 9.39. The van der Waals surface area contributed by atoms with E-state index in [0.717, 1.165) is 16.7 Å². The van der Waals surface area contributed by atoms with Gasteiger partial charge in [0, 0.05) is 5.56 Å². The Morgan fingerprint density at radius 2 is 0.660 bits per heavy atom. The number of fused-ring (bicyclic) bond motifs is 16. The number of nitrogens with one attached hydrogen (secondary N) is 2. The Balaban J connectivity index is 1.22. The lowest BCUT2D eigenvalue weighted by Gasteiger charge is -2.48. The molecule has 234 valence electrons. The summed E-state index contributed by atoms with van der Waals surface area (Å²) in [6.45, 7) is 0. The standard InChI is InChI=1S/C48H32N2/c49-45(31-14-2-1-3-15-31)28-29-46(50)32-26-27-40-36(30-32)35-18-6-9-21-39(35)48(40)43-24-12-10-22-41(43)47(42-23-11-13-25-44(42)48)37-19-7-4-16-33(37)34-17-5-8-20-38(34)47/h1-30,49-50H/b29-28-,49-45?,50-46?. The van der Waals surface area contributed by atoms with Crippen LogP contribution in [0.5, 0.6) is 0 Å². The molecule has 0 aromatic heterocycles. The maximum atomic E-state index is 9.07. The summed E-state index contributed by atoms with van der Waals surface area (Å²) in [5, 5.41) is 17.6. The lowest BCUT2D eigenvalue weighted by atomic mass is 9.52. The van der Waals surface area contributed by atoms with Crippen molar-refractivity contribution in [2.45, 2.75) is 10.8 Å². The summed E-state index contributed by atoms with van der Waals surface area (Å²) < 4.78 is 0. The van der Waals surface area contributed by atoms with Crippen LogP contribution in [0, 0.1) is 10.8 Å². The molecule has 3 aliphatic rings. The topological polar surface area (TPSA) is 47.7 Å². The van der Waals surface area contributed by atoms with Gasteiger partial charge in [0.1, 0.15) is 0 Å². The van der Waals surface area contributed by atoms with Crippen LogP contribution in [0.4, 0.5) is 0 Å². The van der Waals surface area contributed by atoms with Crippen molar-refractivity contribution in [3.05, 3.63) is 238 Å². The summed E-state index contributed by atoms with van der Waals surface area (Å²) in [5.41, 5.74) is 16.8. The number of hydrogen-bond donors (Lipinski definition) is 2. The van der Waals surface area contributed by atoms with Crippen molar-refractivity contribution in [2.75, 3.05) is 0 Å². The van der Waals surface area contributed by atoms with Crippen LogP contribution in [-0.4, -0.2) is 11.4 Å². The Bertz CT molecular complexity index is 2490. The van der Waals surface area contributed by atoms with E-state index in [1.807, 2.05) is 30.3 Å². The molecule has 10 rings (SSSR count). The zero-order valence-electron chi connectivity index (χ0n) is 27.3. The van der Waals surface area contributed by atoms with Gasteiger partial charge in [0.05, 0.1) is 22.3 Å². The Kier molecular flexibility index (Phi) is 6.04. The zero-order chi connectivity index (χ0) is 33.5. The summed E-state index contributed by atoms with van der Waals surface area (Å²) >= 11 is 0. The Morgan fingerprint density at radius 3 is 1.12 bits per heavy atom. The summed E-state index contributed by atoms with van der Waals surface area (Å²) in [7, 11) is 0. The van der Waals surface area contributed by atoms with Crippen LogP contribution in [0.3, 0.4) is 0 Å². The van der Waals surface area contributed by atoms with Crippen LogP contribution in [0.25, 0.3) is 22.3 Å². The molecule has 2 N–H and O–H groups in total. The molecule has 0 unspecified atom stereocenters. The maximum Gasteiger partial charge on any atom is 0.0720 e. The second-order valence-electron chi connectivity index (χ2n) is 13.5. The quantitative estimate of drug-likeness (QED) is 0.181. The lowest BCUT2D eigenvalue weighted by molar-refractivity contribution is 0.633. The van der Waals surface area contributed by atoms with E-state index in [2.05, 4.69) is 140 Å². The highest BCUT2D eigenvalue weighted by molar-refractivity contribution is 6.14. The van der Waals surface area contributed by atoms with Crippen molar-refractivity contribution in [1.82, 2.24) is 0 Å². The number of rotatable bonds is 4. The Labute approximate surface area is 292 Å². The van der Waals surface area contributed by atoms with E-state index >= 15 is 0 Å². The molecule has 2 spiro atoms. The molecule has 3 aliphatic carbocycles. The van der Waals surface area contributed by atoms with Crippen LogP contribution < -0.4 is 0 Å². The molecule has 0 amide bonds. The molecular weight excluding hydrogens is 605 g/mol. The number of benzene rings is 7. The average Bonchev–Trinajstić information content (AvgIpc) is 3.65. The molecule has 0 saturated carbocycles. The average molecular weight is 637 g/mol. The van der Waals surface area contributed by atoms with Crippen molar-refractivity contribution >= 4 is 11.4 Å². The van der Waals surface area contributed by atoms with E-state index in [1.54, 1.807) is 12.2 Å². The van der Waals surface area contributed by atoms with Gasteiger partial charge in [-0.25, -0.2) is 0 Å². The van der Waals surface area contributed by atoms with Crippen LogP contribution in [-0.2, 0) is 10.8 Å². The third kappa shape index (κ3) is 3.57. The Hall–Kier alpha value is -6.38. The first-order valence-electron chi connectivity index (χ1n) is 17.2. The summed E-state index contributed by atoms with van der Waals surface area (Å²) in [6.07, 6.45) is 3.47. The van der Waals surface area contributed by atoms with E-state index in [9.17, 15) is 0 Å². The molecule has 2 heteroatoms. The van der Waals surface area contributed by atoms with Crippen molar-refractivity contribution in [3.8, 4) is 22.3 Å². The van der Waals surface area contributed by atoms with Crippen LogP contribution in [0.1, 0.15) is 55.6 Å². The minimum absolute atomic E-state index is 0.384. The predicted octanol–water partition coefficient (Wildman–Crippen LogP) is 10.7. The maximum absolute atomic E-state index is 9.07. The number of hydrogen-bond acceptors (Lipinski definition) is 2. The van der Waals surface area contributed by atoms with E-state index in [1.165, 1.54) is 61.2 Å². The largest absolute Gasteiger partial charge is 0.300 e. The van der Waals surface area contributed by atoms with Gasteiger partial charge in [-0.2, -0.15) is 0 Å². The van der Waals surface area contributed by atoms with Crippen LogP contribution in [0.15, 0.2) is 182 Å². The van der Waals surface area contributed by atoms with Crippen molar-refractivity contribution in [3.63, 3.8) is 0 Å². The second-order valence-corrected chi connectivity index (χ2v) is 13.5. The minimum atomic E-state index is -0.539. The molecule has 7 aromatic rings. The van der Waals surface area contributed by atoms with Gasteiger partial charge in [0.2, 0.25) is 0 Å². The summed E-state index contributed by atoms with van der Waals surface area (Å²) in [6, 6.07) is 61.3. The van der Waals surface area contributed by atoms with E-state index < -0.39 is 10.8 Å². The van der Waals surface area contributed by atoms with Crippen LogP contribution in [0.2, 0.25) is 0 Å². The molecule has 0 heterocycles. The fourth-order valence-corrected chi connectivity index (χ4v) is 9.39. The SMILES string of the molecule is N=C(/C=C\C(=N)c1ccc2c(c1)-c1ccccc1C21c2ccccc2C2(c3ccccc3-c3ccccc32)c2ccccc21)c1ccccc1. The first-order valence-corrected chi connectivity index (χ1v) is 17.2. The van der Waals surface area contributed by atoms with E-state index in [0.29, 0.717) is 11.4 Å². The molecule has 2 nitrogen and oxygen atoms in total. The van der Waals surface area contributed by atoms with Crippen molar-refractivity contribution in [1.29, 1.82) is 10.8 Å². The van der Waals surface area contributed by atoms with Gasteiger partial charge >= 0.3 is 0 Å². The van der Waals surface area contributed by atoms with Gasteiger partial charge in [-0.05, 0) is 90.5 Å². The number of allylic oxidation sites excluding steroid dienone is 2. The minimum Gasteiger partial charge on any atom is -0.300 e. The monoisotopic (exact) mass is 636 g/mol. The molecule has 0 bridgehead atoms. The fraction of sp³-hybridized carbons (Fsp3) is 0.0417. The van der Waals surface area contributed by atoms with Crippen molar-refractivity contribution in [2.24, 2.45) is 0 Å². The highest BCUT2D eigenvalue weighted by Crippen LogP contribution is 2.67. The van der Waals surface area contributed by atoms with Crippen LogP contribution >= 0.6 is 0 Å². The highest BCUT2D eigenvalue weighted by Gasteiger charge is 2.58. The van der Waals surface area contributed by atoms with E-state index in [-0.39, 0.29) is 0 Å². The van der Waals surface area contributed by atoms with Gasteiger partial charge in [-0.1, -0.05) is 164 Å². The third-order valence-corrected chi connectivity index (χ3v) is 11.3. The highest BCUT2D eigenvalue weighted by atomic mass is 14.6. The van der Waals surface area contributed by atoms with Gasteiger partial charge in [-0.3, -0.25) is 0 Å². The normalized spacial score (nSPS) is 14.8. The second kappa shape index (κ2) is 10.6. The molecule has 0 radical (unpaired) electrons. The zero-order valence-corrected chi connectivity index (χ0v) is 27.3. The molecule has 0 fully saturated rings. The molecule has 0 atom stereocenters. The first kappa shape index (κ1) is 28.6. The third-order valence-electron chi connectivity index (χ3n) is 11.3. The van der Waals surface area contributed by atoms with Gasteiger partial charge in [0.25, 0.3) is 0 Å². The molecule has 50 heavy (non-hydrogen) atoms. The summed E-state index contributed by atoms with van der Waals surface area (Å²) in [5.74, 6) is 0. The molecular formula is C48H32N2. The summed E-state index contributed by atoms with van der Waals surface area (Å²) in [4.78, 5) is 0. The molecule has 0 saturated heterocycles. The first-order chi connectivity index (χ1) is 24.6. The van der Waals surface area contributed by atoms with Gasteiger partial charge in [-0.15, -0.1) is 0 Å².